The first-order valence-electron chi connectivity index (χ1n) is 10.5. The largest absolute Gasteiger partial charge is 0.492 e. The predicted molar refractivity (Wildman–Crippen MR) is 116 cm³/mol. The molecule has 1 fully saturated rings. The Morgan fingerprint density at radius 1 is 0.828 bits per heavy atom. The van der Waals surface area contributed by atoms with Crippen molar-refractivity contribution in [3.63, 3.8) is 0 Å². The minimum absolute atomic E-state index is 0.00680. The molecule has 0 unspecified atom stereocenters. The van der Waals surface area contributed by atoms with E-state index in [0.717, 1.165) is 43.4 Å². The molecule has 2 N–H and O–H groups in total. The molecule has 2 amide bonds. The van der Waals surface area contributed by atoms with Crippen molar-refractivity contribution in [1.82, 2.24) is 0 Å². The first kappa shape index (κ1) is 20.9. The fourth-order valence-corrected chi connectivity index (χ4v) is 3.89. The molecule has 0 radical (unpaired) electrons. The molecule has 0 aromatic heterocycles. The maximum atomic E-state index is 12.7. The lowest BCUT2D eigenvalue weighted by atomic mass is 9.81. The van der Waals surface area contributed by atoms with Crippen molar-refractivity contribution < 1.29 is 14.3 Å². The van der Waals surface area contributed by atoms with Gasteiger partial charge in [0, 0.05) is 17.5 Å². The molecule has 5 heteroatoms. The van der Waals surface area contributed by atoms with Crippen LogP contribution >= 0.6 is 0 Å². The van der Waals surface area contributed by atoms with Crippen LogP contribution in [-0.4, -0.2) is 18.4 Å². The summed E-state index contributed by atoms with van der Waals surface area (Å²) in [6.07, 6.45) is 3.77. The third kappa shape index (κ3) is 5.37. The first-order chi connectivity index (χ1) is 14.1. The maximum Gasteiger partial charge on any atom is 0.227 e. The van der Waals surface area contributed by atoms with E-state index in [1.54, 1.807) is 0 Å². The molecule has 154 valence electrons. The Morgan fingerprint density at radius 3 is 1.93 bits per heavy atom. The molecule has 0 saturated heterocycles. The number of benzene rings is 2. The van der Waals surface area contributed by atoms with Gasteiger partial charge in [-0.15, -0.1) is 0 Å². The van der Waals surface area contributed by atoms with Crippen molar-refractivity contribution in [3.05, 3.63) is 54.1 Å². The normalized spacial score (nSPS) is 18.7. The van der Waals surface area contributed by atoms with Crippen LogP contribution in [0.3, 0.4) is 0 Å². The summed E-state index contributed by atoms with van der Waals surface area (Å²) >= 11 is 0. The summed E-state index contributed by atoms with van der Waals surface area (Å²) in [6, 6.07) is 15.4. The molecule has 1 saturated carbocycles. The highest BCUT2D eigenvalue weighted by atomic mass is 16.5. The molecular formula is C24H30N2O3. The van der Waals surface area contributed by atoms with Crippen LogP contribution in [-0.2, 0) is 16.0 Å². The van der Waals surface area contributed by atoms with E-state index in [0.29, 0.717) is 18.0 Å². The number of para-hydroxylation sites is 3. The fraction of sp³-hybridized carbons (Fsp3) is 0.417. The van der Waals surface area contributed by atoms with E-state index >= 15 is 0 Å². The summed E-state index contributed by atoms with van der Waals surface area (Å²) in [5, 5.41) is 6.08. The number of amides is 2. The van der Waals surface area contributed by atoms with Crippen LogP contribution in [0.5, 0.6) is 5.75 Å². The molecule has 29 heavy (non-hydrogen) atoms. The van der Waals surface area contributed by atoms with E-state index in [4.69, 9.17) is 4.74 Å². The zero-order valence-corrected chi connectivity index (χ0v) is 17.2. The summed E-state index contributed by atoms with van der Waals surface area (Å²) in [5.74, 6) is 0.640. The summed E-state index contributed by atoms with van der Waals surface area (Å²) in [7, 11) is 0. The summed E-state index contributed by atoms with van der Waals surface area (Å²) in [4.78, 5) is 25.4. The monoisotopic (exact) mass is 394 g/mol. The Hall–Kier alpha value is -2.82. The Morgan fingerprint density at radius 2 is 1.34 bits per heavy atom. The highest BCUT2D eigenvalue weighted by Crippen LogP contribution is 2.32. The Bertz CT molecular complexity index is 842. The molecule has 0 heterocycles. The smallest absolute Gasteiger partial charge is 0.227 e. The van der Waals surface area contributed by atoms with E-state index in [2.05, 4.69) is 17.6 Å². The van der Waals surface area contributed by atoms with Crippen molar-refractivity contribution in [2.45, 2.75) is 46.0 Å². The topological polar surface area (TPSA) is 67.4 Å². The molecule has 0 spiro atoms. The van der Waals surface area contributed by atoms with Gasteiger partial charge in [0.2, 0.25) is 11.8 Å². The van der Waals surface area contributed by atoms with E-state index < -0.39 is 0 Å². The van der Waals surface area contributed by atoms with Crippen LogP contribution in [0.25, 0.3) is 0 Å². The molecule has 0 atom stereocenters. The zero-order valence-electron chi connectivity index (χ0n) is 17.2. The van der Waals surface area contributed by atoms with Gasteiger partial charge in [-0.1, -0.05) is 37.3 Å². The van der Waals surface area contributed by atoms with Gasteiger partial charge in [0.05, 0.1) is 12.3 Å². The molecular weight excluding hydrogens is 364 g/mol. The Balaban J connectivity index is 1.53. The summed E-state index contributed by atoms with van der Waals surface area (Å²) in [6.45, 7) is 4.55. The molecule has 2 aromatic carbocycles. The minimum Gasteiger partial charge on any atom is -0.492 e. The van der Waals surface area contributed by atoms with Gasteiger partial charge < -0.3 is 15.4 Å². The molecule has 1 aliphatic carbocycles. The third-order valence-corrected chi connectivity index (χ3v) is 5.57. The number of carbonyl (C=O) groups excluding carboxylic acids is 2. The second kappa shape index (κ2) is 10.1. The fourth-order valence-electron chi connectivity index (χ4n) is 3.89. The van der Waals surface area contributed by atoms with Crippen LogP contribution in [0.15, 0.2) is 48.5 Å². The quantitative estimate of drug-likeness (QED) is 0.692. The molecule has 3 rings (SSSR count). The second-order valence-electron chi connectivity index (χ2n) is 7.47. The van der Waals surface area contributed by atoms with E-state index in [1.807, 2.05) is 55.5 Å². The Labute approximate surface area is 172 Å². The lowest BCUT2D eigenvalue weighted by Crippen LogP contribution is -2.32. The number of aryl methyl sites for hydroxylation is 1. The predicted octanol–water partition coefficient (Wildman–Crippen LogP) is 5.03. The summed E-state index contributed by atoms with van der Waals surface area (Å²) < 4.78 is 5.58. The lowest BCUT2D eigenvalue weighted by Gasteiger charge is -2.27. The number of hydrogen-bond acceptors (Lipinski definition) is 3. The molecule has 1 aliphatic rings. The summed E-state index contributed by atoms with van der Waals surface area (Å²) in [5.41, 5.74) is 2.74. The van der Waals surface area contributed by atoms with Gasteiger partial charge in [-0.3, -0.25) is 9.59 Å². The van der Waals surface area contributed by atoms with Crippen LogP contribution in [0.2, 0.25) is 0 Å². The van der Waals surface area contributed by atoms with Gasteiger partial charge in [-0.2, -0.15) is 0 Å². The van der Waals surface area contributed by atoms with Crippen LogP contribution < -0.4 is 15.4 Å². The van der Waals surface area contributed by atoms with Crippen molar-refractivity contribution in [2.24, 2.45) is 11.8 Å². The minimum atomic E-state index is -0.0725. The van der Waals surface area contributed by atoms with Gasteiger partial charge >= 0.3 is 0 Å². The van der Waals surface area contributed by atoms with E-state index in [9.17, 15) is 9.59 Å². The molecule has 0 bridgehead atoms. The van der Waals surface area contributed by atoms with Crippen molar-refractivity contribution in [1.29, 1.82) is 0 Å². The van der Waals surface area contributed by atoms with Gasteiger partial charge in [0.25, 0.3) is 0 Å². The number of nitrogens with one attached hydrogen (secondary N) is 2. The lowest BCUT2D eigenvalue weighted by molar-refractivity contribution is -0.125. The van der Waals surface area contributed by atoms with Gasteiger partial charge in [0.1, 0.15) is 5.75 Å². The third-order valence-electron chi connectivity index (χ3n) is 5.57. The van der Waals surface area contributed by atoms with E-state index in [-0.39, 0.29) is 23.7 Å². The molecule has 5 nitrogen and oxygen atoms in total. The van der Waals surface area contributed by atoms with Crippen molar-refractivity contribution in [3.8, 4) is 5.75 Å². The number of rotatable bonds is 7. The van der Waals surface area contributed by atoms with Crippen molar-refractivity contribution in [2.75, 3.05) is 17.2 Å². The number of anilines is 2. The molecule has 0 aliphatic heterocycles. The average Bonchev–Trinajstić information content (AvgIpc) is 2.75. The van der Waals surface area contributed by atoms with Crippen LogP contribution in [0, 0.1) is 11.8 Å². The highest BCUT2D eigenvalue weighted by molar-refractivity contribution is 5.95. The molecule has 2 aromatic rings. The number of ether oxygens (including phenoxy) is 1. The van der Waals surface area contributed by atoms with Crippen LogP contribution in [0.4, 0.5) is 11.4 Å². The highest BCUT2D eigenvalue weighted by Gasteiger charge is 2.30. The number of hydrogen-bond donors (Lipinski definition) is 2. The van der Waals surface area contributed by atoms with Gasteiger partial charge in [-0.05, 0) is 62.8 Å². The standard InChI is InChI=1S/C24H30N2O3/c1-3-17-9-5-6-10-20(17)25-23(27)18-13-15-19(16-14-18)24(28)26-21-11-7-8-12-22(21)29-4-2/h5-12,18-19H,3-4,13-16H2,1-2H3,(H,25,27)(H,26,28). The van der Waals surface area contributed by atoms with Crippen LogP contribution in [0.1, 0.15) is 45.1 Å². The SMILES string of the molecule is CCOc1ccccc1NC(=O)C1CCC(C(=O)Nc2ccccc2CC)CC1. The maximum absolute atomic E-state index is 12.7. The Kier molecular flexibility index (Phi) is 7.28. The second-order valence-corrected chi connectivity index (χ2v) is 7.47. The van der Waals surface area contributed by atoms with Gasteiger partial charge in [-0.25, -0.2) is 0 Å². The van der Waals surface area contributed by atoms with Gasteiger partial charge in [0.15, 0.2) is 0 Å². The van der Waals surface area contributed by atoms with Crippen molar-refractivity contribution >= 4 is 23.2 Å². The number of carbonyl (C=O) groups is 2. The zero-order chi connectivity index (χ0) is 20.6. The van der Waals surface area contributed by atoms with E-state index in [1.165, 1.54) is 0 Å². The average molecular weight is 395 g/mol. The first-order valence-corrected chi connectivity index (χ1v) is 10.5.